The van der Waals surface area contributed by atoms with E-state index in [0.29, 0.717) is 6.42 Å². The molecule has 1 N–H and O–H groups in total. The van der Waals surface area contributed by atoms with Crippen molar-refractivity contribution >= 4 is 9.84 Å². The predicted molar refractivity (Wildman–Crippen MR) is 71.7 cm³/mol. The number of rotatable bonds is 6. The van der Waals surface area contributed by atoms with Crippen molar-refractivity contribution in [3.63, 3.8) is 0 Å². The largest absolute Gasteiger partial charge is 0.317 e. The van der Waals surface area contributed by atoms with Gasteiger partial charge in [0.25, 0.3) is 0 Å². The molecule has 0 amide bonds. The van der Waals surface area contributed by atoms with Gasteiger partial charge < -0.3 is 5.32 Å². The van der Waals surface area contributed by atoms with Gasteiger partial charge in [0.15, 0.2) is 9.84 Å². The molecular weight excluding hydrogens is 234 g/mol. The van der Waals surface area contributed by atoms with Crippen LogP contribution in [0.1, 0.15) is 25.8 Å². The quantitative estimate of drug-likeness (QED) is 0.845. The fourth-order valence-corrected chi connectivity index (χ4v) is 3.23. The van der Waals surface area contributed by atoms with Gasteiger partial charge in [0, 0.05) is 6.04 Å². The zero-order valence-electron chi connectivity index (χ0n) is 10.7. The molecule has 0 aliphatic carbocycles. The molecule has 1 aromatic carbocycles. The highest BCUT2D eigenvalue weighted by atomic mass is 32.2. The second-order valence-electron chi connectivity index (χ2n) is 4.53. The third-order valence-electron chi connectivity index (χ3n) is 3.00. The van der Waals surface area contributed by atoms with Gasteiger partial charge in [-0.05, 0) is 32.9 Å². The summed E-state index contributed by atoms with van der Waals surface area (Å²) in [4.78, 5) is 0. The average molecular weight is 255 g/mol. The van der Waals surface area contributed by atoms with Crippen LogP contribution in [-0.2, 0) is 15.6 Å². The highest BCUT2D eigenvalue weighted by Crippen LogP contribution is 2.14. The predicted octanol–water partition coefficient (Wildman–Crippen LogP) is 1.99. The molecule has 0 saturated carbocycles. The summed E-state index contributed by atoms with van der Waals surface area (Å²) in [5.41, 5.74) is 0.858. The van der Waals surface area contributed by atoms with E-state index in [9.17, 15) is 8.42 Å². The third-order valence-corrected chi connectivity index (χ3v) is 5.16. The number of hydrogen-bond acceptors (Lipinski definition) is 3. The van der Waals surface area contributed by atoms with E-state index in [1.807, 2.05) is 44.3 Å². The van der Waals surface area contributed by atoms with Crippen LogP contribution in [0.2, 0.25) is 0 Å². The molecular formula is C13H21NO2S. The van der Waals surface area contributed by atoms with Crippen molar-refractivity contribution in [3.05, 3.63) is 35.9 Å². The molecule has 2 unspecified atom stereocenters. The van der Waals surface area contributed by atoms with Crippen molar-refractivity contribution in [2.75, 3.05) is 7.05 Å². The minimum Gasteiger partial charge on any atom is -0.317 e. The van der Waals surface area contributed by atoms with E-state index < -0.39 is 9.84 Å². The summed E-state index contributed by atoms with van der Waals surface area (Å²) in [5.74, 6) is 0.130. The molecule has 0 aliphatic heterocycles. The van der Waals surface area contributed by atoms with Crippen molar-refractivity contribution in [3.8, 4) is 0 Å². The minimum atomic E-state index is -3.06. The Labute approximate surface area is 104 Å². The zero-order chi connectivity index (χ0) is 12.9. The summed E-state index contributed by atoms with van der Waals surface area (Å²) in [6.45, 7) is 3.78. The van der Waals surface area contributed by atoms with E-state index >= 15 is 0 Å². The molecule has 1 aromatic rings. The standard InChI is InChI=1S/C13H21NO2S/c1-11(14-3)9-12(2)17(15,16)10-13-7-5-4-6-8-13/h4-8,11-12,14H,9-10H2,1-3H3. The zero-order valence-corrected chi connectivity index (χ0v) is 11.5. The van der Waals surface area contributed by atoms with Crippen molar-refractivity contribution in [1.82, 2.24) is 5.32 Å². The Bertz CT molecular complexity index is 428. The first-order valence-corrected chi connectivity index (χ1v) is 7.60. The smallest absolute Gasteiger partial charge is 0.157 e. The molecule has 17 heavy (non-hydrogen) atoms. The van der Waals surface area contributed by atoms with Crippen LogP contribution in [0.5, 0.6) is 0 Å². The lowest BCUT2D eigenvalue weighted by Gasteiger charge is -2.17. The first-order chi connectivity index (χ1) is 7.95. The summed E-state index contributed by atoms with van der Waals surface area (Å²) in [6.07, 6.45) is 0.645. The molecule has 0 aliphatic rings. The van der Waals surface area contributed by atoms with Crippen LogP contribution in [0.15, 0.2) is 30.3 Å². The second kappa shape index (κ2) is 6.17. The van der Waals surface area contributed by atoms with Gasteiger partial charge in [0.1, 0.15) is 0 Å². The van der Waals surface area contributed by atoms with E-state index in [2.05, 4.69) is 5.32 Å². The summed E-state index contributed by atoms with van der Waals surface area (Å²) in [6, 6.07) is 9.55. The minimum absolute atomic E-state index is 0.130. The lowest BCUT2D eigenvalue weighted by atomic mass is 10.2. The summed E-state index contributed by atoms with van der Waals surface area (Å²) < 4.78 is 24.2. The summed E-state index contributed by atoms with van der Waals surface area (Å²) in [5, 5.41) is 2.75. The Balaban J connectivity index is 2.69. The van der Waals surface area contributed by atoms with Crippen LogP contribution in [-0.4, -0.2) is 26.8 Å². The molecule has 96 valence electrons. The second-order valence-corrected chi connectivity index (χ2v) is 6.95. The van der Waals surface area contributed by atoms with Gasteiger partial charge in [-0.3, -0.25) is 0 Å². The Morgan fingerprint density at radius 2 is 1.76 bits per heavy atom. The molecule has 0 spiro atoms. The maximum atomic E-state index is 12.1. The molecule has 4 heteroatoms. The maximum absolute atomic E-state index is 12.1. The number of nitrogens with one attached hydrogen (secondary N) is 1. The van der Waals surface area contributed by atoms with Gasteiger partial charge in [-0.15, -0.1) is 0 Å². The van der Waals surface area contributed by atoms with Crippen LogP contribution >= 0.6 is 0 Å². The number of sulfone groups is 1. The lowest BCUT2D eigenvalue weighted by Crippen LogP contribution is -2.30. The van der Waals surface area contributed by atoms with Crippen LogP contribution < -0.4 is 5.32 Å². The number of benzene rings is 1. The Hall–Kier alpha value is -0.870. The van der Waals surface area contributed by atoms with E-state index in [1.54, 1.807) is 6.92 Å². The van der Waals surface area contributed by atoms with Gasteiger partial charge >= 0.3 is 0 Å². The van der Waals surface area contributed by atoms with E-state index in [4.69, 9.17) is 0 Å². The average Bonchev–Trinajstić information content (AvgIpc) is 2.29. The molecule has 2 atom stereocenters. The highest BCUT2D eigenvalue weighted by molar-refractivity contribution is 7.91. The Morgan fingerprint density at radius 3 is 2.29 bits per heavy atom. The third kappa shape index (κ3) is 4.48. The lowest BCUT2D eigenvalue weighted by molar-refractivity contribution is 0.530. The van der Waals surface area contributed by atoms with Crippen molar-refractivity contribution in [1.29, 1.82) is 0 Å². The fraction of sp³-hybridized carbons (Fsp3) is 0.538. The molecule has 0 radical (unpaired) electrons. The molecule has 0 aromatic heterocycles. The van der Waals surface area contributed by atoms with E-state index in [-0.39, 0.29) is 17.0 Å². The van der Waals surface area contributed by atoms with Crippen LogP contribution in [0.3, 0.4) is 0 Å². The molecule has 0 heterocycles. The van der Waals surface area contributed by atoms with Crippen LogP contribution in [0.4, 0.5) is 0 Å². The van der Waals surface area contributed by atoms with Crippen LogP contribution in [0.25, 0.3) is 0 Å². The molecule has 1 rings (SSSR count). The van der Waals surface area contributed by atoms with E-state index in [1.165, 1.54) is 0 Å². The highest BCUT2D eigenvalue weighted by Gasteiger charge is 2.22. The molecule has 3 nitrogen and oxygen atoms in total. The first kappa shape index (κ1) is 14.2. The van der Waals surface area contributed by atoms with Gasteiger partial charge in [0.2, 0.25) is 0 Å². The van der Waals surface area contributed by atoms with Crippen molar-refractivity contribution in [2.24, 2.45) is 0 Å². The van der Waals surface area contributed by atoms with Crippen molar-refractivity contribution in [2.45, 2.75) is 37.3 Å². The van der Waals surface area contributed by atoms with Gasteiger partial charge in [-0.25, -0.2) is 8.42 Å². The fourth-order valence-electron chi connectivity index (χ4n) is 1.71. The van der Waals surface area contributed by atoms with Gasteiger partial charge in [-0.1, -0.05) is 30.3 Å². The van der Waals surface area contributed by atoms with E-state index in [0.717, 1.165) is 5.56 Å². The maximum Gasteiger partial charge on any atom is 0.157 e. The Kier molecular flexibility index (Phi) is 5.15. The van der Waals surface area contributed by atoms with Gasteiger partial charge in [0.05, 0.1) is 11.0 Å². The van der Waals surface area contributed by atoms with Crippen molar-refractivity contribution < 1.29 is 8.42 Å². The summed E-state index contributed by atoms with van der Waals surface area (Å²) >= 11 is 0. The van der Waals surface area contributed by atoms with Gasteiger partial charge in [-0.2, -0.15) is 0 Å². The molecule has 0 saturated heterocycles. The Morgan fingerprint density at radius 1 is 1.18 bits per heavy atom. The monoisotopic (exact) mass is 255 g/mol. The summed E-state index contributed by atoms with van der Waals surface area (Å²) in [7, 11) is -1.21. The molecule has 0 fully saturated rings. The molecule has 0 bridgehead atoms. The normalized spacial score (nSPS) is 15.5. The number of hydrogen-bond donors (Lipinski definition) is 1. The SMILES string of the molecule is CNC(C)CC(C)S(=O)(=O)Cc1ccccc1. The topological polar surface area (TPSA) is 46.2 Å². The van der Waals surface area contributed by atoms with Crippen LogP contribution in [0, 0.1) is 0 Å². The first-order valence-electron chi connectivity index (χ1n) is 5.88.